The first kappa shape index (κ1) is 19.9. The summed E-state index contributed by atoms with van der Waals surface area (Å²) in [6.45, 7) is 0. The van der Waals surface area contributed by atoms with Gasteiger partial charge in [0.05, 0.1) is 16.1 Å². The van der Waals surface area contributed by atoms with E-state index >= 15 is 0 Å². The van der Waals surface area contributed by atoms with Crippen molar-refractivity contribution in [3.8, 4) is 0 Å². The number of para-hydroxylation sites is 1. The van der Waals surface area contributed by atoms with E-state index in [1.165, 1.54) is 63.9 Å². The fourth-order valence-electron chi connectivity index (χ4n) is 5.81. The molecule has 1 nitrogen and oxygen atoms in total. The molecule has 0 aliphatic rings. The predicted molar refractivity (Wildman–Crippen MR) is 158 cm³/mol. The molecule has 8 rings (SSSR count). The lowest BCUT2D eigenvalue weighted by atomic mass is 9.93. The highest BCUT2D eigenvalue weighted by Crippen LogP contribution is 2.47. The predicted octanol–water partition coefficient (Wildman–Crippen LogP) is 10.4. The summed E-state index contributed by atoms with van der Waals surface area (Å²) in [5.41, 5.74) is 3.59. The van der Waals surface area contributed by atoms with Crippen LogP contribution in [0.1, 0.15) is 0 Å². The highest BCUT2D eigenvalue weighted by atomic mass is 32.1. The average Bonchev–Trinajstić information content (AvgIpc) is 3.33. The monoisotopic (exact) mass is 475 g/mol. The zero-order valence-corrected chi connectivity index (χ0v) is 20.3. The molecule has 0 fully saturated rings. The smallest absolute Gasteiger partial charge is 0.0640 e. The summed E-state index contributed by atoms with van der Waals surface area (Å²) in [4.78, 5) is 2.45. The van der Waals surface area contributed by atoms with E-state index in [0.717, 1.165) is 5.69 Å². The molecule has 0 N–H and O–H groups in total. The lowest BCUT2D eigenvalue weighted by molar-refractivity contribution is 1.32. The van der Waals surface area contributed by atoms with Crippen molar-refractivity contribution in [3.63, 3.8) is 0 Å². The summed E-state index contributed by atoms with van der Waals surface area (Å²) in [5.74, 6) is 0. The van der Waals surface area contributed by atoms with E-state index < -0.39 is 0 Å². The number of fused-ring (bicyclic) bond motifs is 3. The molecular formula is C34H21NS. The summed E-state index contributed by atoms with van der Waals surface area (Å²) < 4.78 is 2.64. The average molecular weight is 476 g/mol. The molecule has 0 amide bonds. The van der Waals surface area contributed by atoms with Crippen LogP contribution >= 0.6 is 11.3 Å². The van der Waals surface area contributed by atoms with Crippen LogP contribution < -0.4 is 4.90 Å². The lowest BCUT2D eigenvalue weighted by Gasteiger charge is -2.28. The van der Waals surface area contributed by atoms with Gasteiger partial charge in [-0.3, -0.25) is 0 Å². The second-order valence-corrected chi connectivity index (χ2v) is 10.4. The zero-order chi connectivity index (χ0) is 23.6. The Bertz CT molecular complexity index is 2040. The van der Waals surface area contributed by atoms with Gasteiger partial charge in [-0.1, -0.05) is 97.1 Å². The normalized spacial score (nSPS) is 11.9. The Labute approximate surface area is 212 Å². The van der Waals surface area contributed by atoms with E-state index in [9.17, 15) is 0 Å². The van der Waals surface area contributed by atoms with Crippen LogP contribution in [0.15, 0.2) is 127 Å². The molecule has 168 valence electrons. The lowest BCUT2D eigenvalue weighted by Crippen LogP contribution is -2.10. The van der Waals surface area contributed by atoms with Gasteiger partial charge in [0.1, 0.15) is 0 Å². The zero-order valence-electron chi connectivity index (χ0n) is 19.5. The number of hydrogen-bond acceptors (Lipinski definition) is 2. The first-order valence-electron chi connectivity index (χ1n) is 12.3. The van der Waals surface area contributed by atoms with Crippen molar-refractivity contribution < 1.29 is 0 Å². The summed E-state index contributed by atoms with van der Waals surface area (Å²) in [7, 11) is 0. The van der Waals surface area contributed by atoms with Gasteiger partial charge in [0, 0.05) is 26.5 Å². The Morgan fingerprint density at radius 2 is 1.08 bits per heavy atom. The van der Waals surface area contributed by atoms with Crippen LogP contribution in [0.2, 0.25) is 0 Å². The van der Waals surface area contributed by atoms with Crippen LogP contribution in [0.5, 0.6) is 0 Å². The van der Waals surface area contributed by atoms with Crippen LogP contribution in [0.4, 0.5) is 17.1 Å². The van der Waals surface area contributed by atoms with Gasteiger partial charge in [0.2, 0.25) is 0 Å². The van der Waals surface area contributed by atoms with Crippen molar-refractivity contribution in [2.75, 3.05) is 4.90 Å². The molecule has 0 radical (unpaired) electrons. The van der Waals surface area contributed by atoms with E-state index in [-0.39, 0.29) is 0 Å². The Balaban J connectivity index is 1.50. The Kier molecular flexibility index (Phi) is 4.16. The fourth-order valence-corrected chi connectivity index (χ4v) is 7.01. The standard InChI is InChI=1S/C34H21NS/c1-2-10-25(11-3-1)35(30-14-7-13-27-26-12-4-5-15-31(26)36-34(27)30)29-21-19-24-17-16-22-8-6-9-23-18-20-28(29)33(24)32(22)23/h1-21H. The molecule has 0 bridgehead atoms. The second-order valence-electron chi connectivity index (χ2n) is 9.36. The third kappa shape index (κ3) is 2.76. The number of benzene rings is 7. The number of nitrogens with zero attached hydrogens (tertiary/aromatic N) is 1. The van der Waals surface area contributed by atoms with E-state index in [1.54, 1.807) is 0 Å². The van der Waals surface area contributed by atoms with Gasteiger partial charge in [-0.25, -0.2) is 0 Å². The molecule has 0 saturated carbocycles. The number of thiophene rings is 1. The molecule has 36 heavy (non-hydrogen) atoms. The van der Waals surface area contributed by atoms with Gasteiger partial charge >= 0.3 is 0 Å². The summed E-state index contributed by atoms with van der Waals surface area (Å²) in [6.07, 6.45) is 0. The van der Waals surface area contributed by atoms with E-state index in [0.29, 0.717) is 0 Å². The highest BCUT2D eigenvalue weighted by molar-refractivity contribution is 7.26. The van der Waals surface area contributed by atoms with Crippen LogP contribution in [0.25, 0.3) is 52.5 Å². The summed E-state index contributed by atoms with van der Waals surface area (Å²) in [6, 6.07) is 46.5. The van der Waals surface area contributed by atoms with E-state index in [4.69, 9.17) is 0 Å². The second kappa shape index (κ2) is 7.55. The van der Waals surface area contributed by atoms with Crippen molar-refractivity contribution in [2.24, 2.45) is 0 Å². The number of rotatable bonds is 3. The summed E-state index contributed by atoms with van der Waals surface area (Å²) in [5, 5.41) is 10.5. The molecule has 0 unspecified atom stereocenters. The molecule has 0 spiro atoms. The van der Waals surface area contributed by atoms with Crippen molar-refractivity contribution in [1.82, 2.24) is 0 Å². The van der Waals surface area contributed by atoms with Crippen molar-refractivity contribution in [2.45, 2.75) is 0 Å². The third-order valence-corrected chi connectivity index (χ3v) is 8.59. The maximum atomic E-state index is 2.45. The number of hydrogen-bond donors (Lipinski definition) is 0. The molecule has 1 heterocycles. The van der Waals surface area contributed by atoms with Gasteiger partial charge in [-0.15, -0.1) is 11.3 Å². The molecule has 0 aliphatic heterocycles. The maximum Gasteiger partial charge on any atom is 0.0640 e. The minimum Gasteiger partial charge on any atom is -0.308 e. The largest absolute Gasteiger partial charge is 0.308 e. The quantitative estimate of drug-likeness (QED) is 0.230. The first-order chi connectivity index (χ1) is 17.9. The van der Waals surface area contributed by atoms with Gasteiger partial charge in [-0.05, 0) is 57.3 Å². The highest BCUT2D eigenvalue weighted by Gasteiger charge is 2.21. The van der Waals surface area contributed by atoms with Gasteiger partial charge in [0.25, 0.3) is 0 Å². The van der Waals surface area contributed by atoms with Crippen molar-refractivity contribution >= 4 is 80.9 Å². The van der Waals surface area contributed by atoms with Crippen molar-refractivity contribution in [3.05, 3.63) is 127 Å². The van der Waals surface area contributed by atoms with Gasteiger partial charge < -0.3 is 4.90 Å². The molecule has 8 aromatic rings. The number of anilines is 3. The topological polar surface area (TPSA) is 3.24 Å². The molecule has 7 aromatic carbocycles. The van der Waals surface area contributed by atoms with Crippen LogP contribution in [-0.4, -0.2) is 0 Å². The van der Waals surface area contributed by atoms with Crippen LogP contribution in [-0.2, 0) is 0 Å². The molecule has 0 aliphatic carbocycles. The molecule has 2 heteroatoms. The van der Waals surface area contributed by atoms with E-state index in [1.807, 2.05) is 11.3 Å². The van der Waals surface area contributed by atoms with Crippen LogP contribution in [0, 0.1) is 0 Å². The minimum absolute atomic E-state index is 1.16. The summed E-state index contributed by atoms with van der Waals surface area (Å²) >= 11 is 1.88. The van der Waals surface area contributed by atoms with E-state index in [2.05, 4.69) is 132 Å². The van der Waals surface area contributed by atoms with Gasteiger partial charge in [0.15, 0.2) is 0 Å². The van der Waals surface area contributed by atoms with Crippen LogP contribution in [0.3, 0.4) is 0 Å². The molecule has 0 saturated heterocycles. The Morgan fingerprint density at radius 3 is 1.94 bits per heavy atom. The molecular weight excluding hydrogens is 454 g/mol. The molecule has 1 aromatic heterocycles. The first-order valence-corrected chi connectivity index (χ1v) is 13.1. The fraction of sp³-hybridized carbons (Fsp3) is 0. The minimum atomic E-state index is 1.16. The SMILES string of the molecule is c1ccc(N(c2ccc3ccc4cccc5ccc2c3c45)c2cccc3c2sc2ccccc23)cc1. The van der Waals surface area contributed by atoms with Gasteiger partial charge in [-0.2, -0.15) is 0 Å². The maximum absolute atomic E-state index is 2.45. The third-order valence-electron chi connectivity index (χ3n) is 7.39. The Hall–Kier alpha value is -4.40. The molecule has 0 atom stereocenters. The Morgan fingerprint density at radius 1 is 0.417 bits per heavy atom. The van der Waals surface area contributed by atoms with Crippen molar-refractivity contribution in [1.29, 1.82) is 0 Å².